The SMILES string of the molecule is Cc1cc2nc(C3CCCNC3)n(C)c2cc1C. The fraction of sp³-hybridized carbons (Fsp3) is 0.533. The van der Waals surface area contributed by atoms with E-state index in [1.807, 2.05) is 0 Å². The zero-order valence-corrected chi connectivity index (χ0v) is 11.5. The van der Waals surface area contributed by atoms with E-state index < -0.39 is 0 Å². The van der Waals surface area contributed by atoms with Gasteiger partial charge < -0.3 is 9.88 Å². The van der Waals surface area contributed by atoms with Crippen molar-refractivity contribution < 1.29 is 0 Å². The molecule has 1 saturated heterocycles. The van der Waals surface area contributed by atoms with Gasteiger partial charge in [-0.2, -0.15) is 0 Å². The van der Waals surface area contributed by atoms with Gasteiger partial charge in [-0.1, -0.05) is 0 Å². The van der Waals surface area contributed by atoms with Crippen molar-refractivity contribution in [3.8, 4) is 0 Å². The van der Waals surface area contributed by atoms with E-state index in [1.165, 1.54) is 35.3 Å². The number of rotatable bonds is 1. The van der Waals surface area contributed by atoms with Crippen LogP contribution in [0.2, 0.25) is 0 Å². The Balaban J connectivity index is 2.10. The lowest BCUT2D eigenvalue weighted by molar-refractivity contribution is 0.440. The number of hydrogen-bond acceptors (Lipinski definition) is 2. The zero-order chi connectivity index (χ0) is 12.7. The Morgan fingerprint density at radius 1 is 1.28 bits per heavy atom. The van der Waals surface area contributed by atoms with Gasteiger partial charge in [0.15, 0.2) is 0 Å². The smallest absolute Gasteiger partial charge is 0.114 e. The van der Waals surface area contributed by atoms with Crippen molar-refractivity contribution >= 4 is 11.0 Å². The molecular weight excluding hydrogens is 222 g/mol. The summed E-state index contributed by atoms with van der Waals surface area (Å²) in [4.78, 5) is 4.86. The van der Waals surface area contributed by atoms with Gasteiger partial charge in [-0.3, -0.25) is 0 Å². The number of aromatic nitrogens is 2. The highest BCUT2D eigenvalue weighted by Gasteiger charge is 2.21. The van der Waals surface area contributed by atoms with Crippen molar-refractivity contribution in [1.29, 1.82) is 0 Å². The maximum atomic E-state index is 4.86. The molecule has 1 atom stereocenters. The normalized spacial score (nSPS) is 20.5. The van der Waals surface area contributed by atoms with E-state index in [-0.39, 0.29) is 0 Å². The summed E-state index contributed by atoms with van der Waals surface area (Å²) in [6, 6.07) is 4.47. The predicted octanol–water partition coefficient (Wildman–Crippen LogP) is 2.66. The van der Waals surface area contributed by atoms with E-state index >= 15 is 0 Å². The summed E-state index contributed by atoms with van der Waals surface area (Å²) < 4.78 is 2.28. The predicted molar refractivity (Wildman–Crippen MR) is 75.0 cm³/mol. The van der Waals surface area contributed by atoms with E-state index in [2.05, 4.69) is 42.9 Å². The molecule has 0 saturated carbocycles. The number of nitrogens with zero attached hydrogens (tertiary/aromatic N) is 2. The van der Waals surface area contributed by atoms with Crippen molar-refractivity contribution in [2.45, 2.75) is 32.6 Å². The van der Waals surface area contributed by atoms with Gasteiger partial charge in [0.05, 0.1) is 11.0 Å². The Morgan fingerprint density at radius 2 is 2.06 bits per heavy atom. The molecule has 1 aliphatic rings. The molecule has 96 valence electrons. The molecule has 3 rings (SSSR count). The Labute approximate surface area is 108 Å². The lowest BCUT2D eigenvalue weighted by Crippen LogP contribution is -2.29. The first-order chi connectivity index (χ1) is 8.66. The van der Waals surface area contributed by atoms with Crippen LogP contribution in [-0.2, 0) is 7.05 Å². The van der Waals surface area contributed by atoms with Gasteiger partial charge in [-0.05, 0) is 56.5 Å². The lowest BCUT2D eigenvalue weighted by Gasteiger charge is -2.22. The minimum atomic E-state index is 0.566. The van der Waals surface area contributed by atoms with Gasteiger partial charge in [0.1, 0.15) is 5.82 Å². The molecule has 1 aromatic carbocycles. The van der Waals surface area contributed by atoms with Crippen LogP contribution >= 0.6 is 0 Å². The van der Waals surface area contributed by atoms with E-state index in [4.69, 9.17) is 4.98 Å². The first-order valence-corrected chi connectivity index (χ1v) is 6.81. The first kappa shape index (κ1) is 11.7. The van der Waals surface area contributed by atoms with Crippen LogP contribution in [0.1, 0.15) is 35.7 Å². The van der Waals surface area contributed by atoms with Gasteiger partial charge >= 0.3 is 0 Å². The molecule has 18 heavy (non-hydrogen) atoms. The number of aryl methyl sites for hydroxylation is 3. The largest absolute Gasteiger partial charge is 0.331 e. The number of benzene rings is 1. The molecule has 3 heteroatoms. The molecule has 3 nitrogen and oxygen atoms in total. The maximum Gasteiger partial charge on any atom is 0.114 e. The Hall–Kier alpha value is -1.35. The topological polar surface area (TPSA) is 29.9 Å². The summed E-state index contributed by atoms with van der Waals surface area (Å²) in [6.45, 7) is 6.54. The number of fused-ring (bicyclic) bond motifs is 1. The van der Waals surface area contributed by atoms with Crippen LogP contribution in [0, 0.1) is 13.8 Å². The van der Waals surface area contributed by atoms with Crippen LogP contribution < -0.4 is 5.32 Å². The average Bonchev–Trinajstić information content (AvgIpc) is 2.69. The summed E-state index contributed by atoms with van der Waals surface area (Å²) in [6.07, 6.45) is 2.51. The van der Waals surface area contributed by atoms with Gasteiger partial charge in [-0.25, -0.2) is 4.98 Å². The fourth-order valence-corrected chi connectivity index (χ4v) is 2.90. The molecule has 0 aliphatic carbocycles. The molecule has 2 heterocycles. The highest BCUT2D eigenvalue weighted by Crippen LogP contribution is 2.27. The second-order valence-corrected chi connectivity index (χ2v) is 5.50. The third kappa shape index (κ3) is 1.83. The Morgan fingerprint density at radius 3 is 2.78 bits per heavy atom. The number of piperidine rings is 1. The molecule has 1 N–H and O–H groups in total. The summed E-state index contributed by atoms with van der Waals surface area (Å²) in [7, 11) is 2.15. The Kier molecular flexibility index (Phi) is 2.86. The maximum absolute atomic E-state index is 4.86. The lowest BCUT2D eigenvalue weighted by atomic mass is 9.99. The van der Waals surface area contributed by atoms with Crippen LogP contribution in [-0.4, -0.2) is 22.6 Å². The third-order valence-corrected chi connectivity index (χ3v) is 4.19. The van der Waals surface area contributed by atoms with Gasteiger partial charge in [0.25, 0.3) is 0 Å². The van der Waals surface area contributed by atoms with Crippen molar-refractivity contribution in [3.63, 3.8) is 0 Å². The molecule has 1 aromatic heterocycles. The molecular formula is C15H21N3. The fourth-order valence-electron chi connectivity index (χ4n) is 2.90. The number of hydrogen-bond donors (Lipinski definition) is 1. The Bertz CT molecular complexity index is 577. The molecule has 1 unspecified atom stereocenters. The highest BCUT2D eigenvalue weighted by atomic mass is 15.1. The van der Waals surface area contributed by atoms with Crippen molar-refractivity contribution in [2.75, 3.05) is 13.1 Å². The molecule has 0 amide bonds. The molecule has 0 spiro atoms. The second-order valence-electron chi connectivity index (χ2n) is 5.50. The third-order valence-electron chi connectivity index (χ3n) is 4.19. The summed E-state index contributed by atoms with van der Waals surface area (Å²) in [5.74, 6) is 1.80. The van der Waals surface area contributed by atoms with Crippen LogP contribution in [0.3, 0.4) is 0 Å². The van der Waals surface area contributed by atoms with Gasteiger partial charge in [0, 0.05) is 19.5 Å². The van der Waals surface area contributed by atoms with E-state index in [9.17, 15) is 0 Å². The second kappa shape index (κ2) is 4.39. The van der Waals surface area contributed by atoms with Crippen molar-refractivity contribution in [2.24, 2.45) is 7.05 Å². The monoisotopic (exact) mass is 243 g/mol. The minimum absolute atomic E-state index is 0.566. The molecule has 2 aromatic rings. The van der Waals surface area contributed by atoms with Gasteiger partial charge in [0.2, 0.25) is 0 Å². The quantitative estimate of drug-likeness (QED) is 0.834. The zero-order valence-electron chi connectivity index (χ0n) is 11.5. The van der Waals surface area contributed by atoms with E-state index in [0.29, 0.717) is 5.92 Å². The van der Waals surface area contributed by atoms with Crippen LogP contribution in [0.25, 0.3) is 11.0 Å². The van der Waals surface area contributed by atoms with Crippen molar-refractivity contribution in [1.82, 2.24) is 14.9 Å². The first-order valence-electron chi connectivity index (χ1n) is 6.81. The average molecular weight is 243 g/mol. The number of imidazole rings is 1. The molecule has 0 radical (unpaired) electrons. The highest BCUT2D eigenvalue weighted by molar-refractivity contribution is 5.78. The van der Waals surface area contributed by atoms with Crippen LogP contribution in [0.4, 0.5) is 0 Å². The molecule has 1 aliphatic heterocycles. The van der Waals surface area contributed by atoms with Gasteiger partial charge in [-0.15, -0.1) is 0 Å². The van der Waals surface area contributed by atoms with Crippen LogP contribution in [0.15, 0.2) is 12.1 Å². The summed E-state index contributed by atoms with van der Waals surface area (Å²) >= 11 is 0. The standard InChI is InChI=1S/C15H21N3/c1-10-7-13-14(8-11(10)2)18(3)15(17-13)12-5-4-6-16-9-12/h7-8,12,16H,4-6,9H2,1-3H3. The van der Waals surface area contributed by atoms with E-state index in [1.54, 1.807) is 0 Å². The van der Waals surface area contributed by atoms with Crippen LogP contribution in [0.5, 0.6) is 0 Å². The summed E-state index contributed by atoms with van der Waals surface area (Å²) in [5, 5.41) is 3.47. The number of nitrogens with one attached hydrogen (secondary N) is 1. The summed E-state index contributed by atoms with van der Waals surface area (Å²) in [5.41, 5.74) is 5.08. The molecule has 0 bridgehead atoms. The van der Waals surface area contributed by atoms with Crippen molar-refractivity contribution in [3.05, 3.63) is 29.1 Å². The minimum Gasteiger partial charge on any atom is -0.331 e. The van der Waals surface area contributed by atoms with E-state index in [0.717, 1.165) is 18.6 Å². The molecule has 1 fully saturated rings.